The fourth-order valence-electron chi connectivity index (χ4n) is 4.71. The number of carbonyl (C=O) groups is 2. The van der Waals surface area contributed by atoms with Crippen LogP contribution in [0.3, 0.4) is 0 Å². The molecule has 0 bridgehead atoms. The van der Waals surface area contributed by atoms with E-state index in [2.05, 4.69) is 25.3 Å². The third kappa shape index (κ3) is 5.36. The Morgan fingerprint density at radius 2 is 1.87 bits per heavy atom. The van der Waals surface area contributed by atoms with Crippen molar-refractivity contribution in [2.75, 3.05) is 0 Å². The van der Waals surface area contributed by atoms with Crippen molar-refractivity contribution >= 4 is 39.2 Å². The van der Waals surface area contributed by atoms with E-state index in [4.69, 9.17) is 0 Å². The molecule has 1 aliphatic heterocycles. The van der Waals surface area contributed by atoms with Gasteiger partial charge in [-0.15, -0.1) is 0 Å². The monoisotopic (exact) mass is 517 g/mol. The van der Waals surface area contributed by atoms with E-state index in [1.165, 1.54) is 12.1 Å². The highest BCUT2D eigenvalue weighted by atomic mass is 19.1. The number of hydrogen-bond donors (Lipinski definition) is 2. The summed E-state index contributed by atoms with van der Waals surface area (Å²) in [7, 11) is 0. The molecule has 0 unspecified atom stereocenters. The minimum absolute atomic E-state index is 0.120. The topological polar surface area (TPSA) is 100 Å². The van der Waals surface area contributed by atoms with Crippen LogP contribution >= 0.6 is 0 Å². The van der Waals surface area contributed by atoms with Gasteiger partial charge < -0.3 is 10.3 Å². The maximum Gasteiger partial charge on any atom is 0.251 e. The predicted octanol–water partition coefficient (Wildman–Crippen LogP) is 5.58. The lowest BCUT2D eigenvalue weighted by Crippen LogP contribution is -2.43. The molecule has 2 N–H and O–H groups in total. The van der Waals surface area contributed by atoms with Crippen LogP contribution in [-0.2, 0) is 11.2 Å². The molecule has 5 aromatic rings. The number of pyridine rings is 1. The Labute approximate surface area is 223 Å². The molecule has 1 aliphatic rings. The Kier molecular flexibility index (Phi) is 6.50. The van der Waals surface area contributed by atoms with Crippen LogP contribution in [0.4, 0.5) is 4.39 Å². The number of nitrogens with one attached hydrogen (secondary N) is 2. The Bertz CT molecular complexity index is 1790. The zero-order valence-corrected chi connectivity index (χ0v) is 20.9. The lowest BCUT2D eigenvalue weighted by Gasteiger charge is -2.18. The molecule has 0 saturated carbocycles. The number of amides is 1. The van der Waals surface area contributed by atoms with Crippen LogP contribution < -0.4 is 5.32 Å². The van der Waals surface area contributed by atoms with Crippen molar-refractivity contribution in [3.8, 4) is 11.5 Å². The van der Waals surface area contributed by atoms with Crippen molar-refractivity contribution in [2.24, 2.45) is 4.99 Å². The van der Waals surface area contributed by atoms with Crippen molar-refractivity contribution in [1.29, 1.82) is 0 Å². The number of benzene rings is 3. The van der Waals surface area contributed by atoms with Crippen LogP contribution in [0.5, 0.6) is 0 Å². The number of hydrogen-bond acceptors (Lipinski definition) is 5. The van der Waals surface area contributed by atoms with Gasteiger partial charge >= 0.3 is 0 Å². The van der Waals surface area contributed by atoms with E-state index in [0.717, 1.165) is 16.5 Å². The van der Waals surface area contributed by atoms with E-state index in [0.29, 0.717) is 40.1 Å². The van der Waals surface area contributed by atoms with E-state index < -0.39 is 17.8 Å². The van der Waals surface area contributed by atoms with Gasteiger partial charge in [-0.3, -0.25) is 19.6 Å². The lowest BCUT2D eigenvalue weighted by molar-refractivity contribution is -0.119. The van der Waals surface area contributed by atoms with Gasteiger partial charge in [0.15, 0.2) is 11.6 Å². The molecule has 0 radical (unpaired) electrons. The number of aromatic amines is 1. The Morgan fingerprint density at radius 1 is 1.00 bits per heavy atom. The summed E-state index contributed by atoms with van der Waals surface area (Å²) in [5.74, 6) is -0.380. The Hall–Kier alpha value is -4.98. The fraction of sp³-hybridized carbons (Fsp3) is 0.129. The van der Waals surface area contributed by atoms with Gasteiger partial charge in [-0.1, -0.05) is 42.5 Å². The standard InChI is InChI=1S/C31H24FN5O2/c32-23-8-3-5-19(13-23)14-27(29(38)17-24-9-4-12-33-24)37-31(39)21-10-11-25-26(16-21)36-30(35-25)28-15-20-6-1-2-7-22(20)18-34-28/h1-8,10-13,15-16,18,27H,9,14,17H2,(H,35,36)(H,37,39)/t27-/m0/s1. The number of rotatable bonds is 8. The van der Waals surface area contributed by atoms with Crippen LogP contribution in [0.2, 0.25) is 0 Å². The number of allylic oxidation sites excluding steroid dienone is 1. The van der Waals surface area contributed by atoms with E-state index in [1.807, 2.05) is 36.4 Å². The molecule has 0 spiro atoms. The molecule has 0 saturated heterocycles. The van der Waals surface area contributed by atoms with E-state index >= 15 is 0 Å². The molecule has 3 aromatic carbocycles. The number of aromatic nitrogens is 3. The van der Waals surface area contributed by atoms with Crippen LogP contribution in [-0.4, -0.2) is 38.4 Å². The first-order chi connectivity index (χ1) is 19.0. The molecule has 8 heteroatoms. The summed E-state index contributed by atoms with van der Waals surface area (Å²) >= 11 is 0. The molecular weight excluding hydrogens is 493 g/mol. The fourth-order valence-corrected chi connectivity index (χ4v) is 4.71. The van der Waals surface area contributed by atoms with Crippen LogP contribution in [0.15, 0.2) is 96.3 Å². The summed E-state index contributed by atoms with van der Waals surface area (Å²) in [6.45, 7) is 0. The van der Waals surface area contributed by atoms with Gasteiger partial charge in [0.05, 0.1) is 17.1 Å². The number of imidazole rings is 1. The van der Waals surface area contributed by atoms with E-state index in [9.17, 15) is 14.0 Å². The second-order valence-electron chi connectivity index (χ2n) is 9.52. The first-order valence-corrected chi connectivity index (χ1v) is 12.7. The smallest absolute Gasteiger partial charge is 0.251 e. The third-order valence-electron chi connectivity index (χ3n) is 6.73. The van der Waals surface area contributed by atoms with E-state index in [1.54, 1.807) is 42.7 Å². The number of fused-ring (bicyclic) bond motifs is 2. The highest BCUT2D eigenvalue weighted by Gasteiger charge is 2.24. The van der Waals surface area contributed by atoms with Crippen LogP contribution in [0.25, 0.3) is 33.3 Å². The lowest BCUT2D eigenvalue weighted by atomic mass is 9.98. The van der Waals surface area contributed by atoms with Crippen molar-refractivity contribution < 1.29 is 14.0 Å². The molecule has 7 nitrogen and oxygen atoms in total. The zero-order valence-electron chi connectivity index (χ0n) is 20.9. The van der Waals surface area contributed by atoms with Gasteiger partial charge in [-0.25, -0.2) is 9.37 Å². The maximum atomic E-state index is 13.8. The quantitative estimate of drug-likeness (QED) is 0.281. The average molecular weight is 518 g/mol. The number of carbonyl (C=O) groups excluding carboxylic acids is 2. The highest BCUT2D eigenvalue weighted by Crippen LogP contribution is 2.23. The molecule has 2 aromatic heterocycles. The first kappa shape index (κ1) is 24.4. The minimum atomic E-state index is -0.836. The van der Waals surface area contributed by atoms with Gasteiger partial charge in [-0.2, -0.15) is 0 Å². The molecule has 6 rings (SSSR count). The Morgan fingerprint density at radius 3 is 2.69 bits per heavy atom. The molecule has 192 valence electrons. The van der Waals surface area contributed by atoms with Gasteiger partial charge in [-0.05, 0) is 53.8 Å². The summed E-state index contributed by atoms with van der Waals surface area (Å²) in [5, 5.41) is 4.95. The number of aliphatic imine (C=N–C) groups is 1. The molecule has 3 heterocycles. The molecule has 0 aliphatic carbocycles. The second kappa shape index (κ2) is 10.4. The molecule has 1 atom stereocenters. The van der Waals surface area contributed by atoms with E-state index in [-0.39, 0.29) is 18.6 Å². The number of ketones is 1. The van der Waals surface area contributed by atoms with Crippen molar-refractivity contribution in [3.05, 3.63) is 108 Å². The van der Waals surface area contributed by atoms with Gasteiger partial charge in [0.1, 0.15) is 11.5 Å². The van der Waals surface area contributed by atoms with Crippen molar-refractivity contribution in [2.45, 2.75) is 25.3 Å². The molecule has 39 heavy (non-hydrogen) atoms. The highest BCUT2D eigenvalue weighted by molar-refractivity contribution is 6.07. The molecular formula is C31H24FN5O2. The van der Waals surface area contributed by atoms with Crippen molar-refractivity contribution in [3.63, 3.8) is 0 Å². The Balaban J connectivity index is 1.24. The summed E-state index contributed by atoms with van der Waals surface area (Å²) in [6.07, 6.45) is 6.26. The third-order valence-corrected chi connectivity index (χ3v) is 6.73. The minimum Gasteiger partial charge on any atom is -0.342 e. The summed E-state index contributed by atoms with van der Waals surface area (Å²) in [6, 6.07) is 20.3. The molecule has 1 amide bonds. The summed E-state index contributed by atoms with van der Waals surface area (Å²) in [4.78, 5) is 43.1. The van der Waals surface area contributed by atoms with Crippen LogP contribution in [0.1, 0.15) is 28.8 Å². The number of halogens is 1. The summed E-state index contributed by atoms with van der Waals surface area (Å²) < 4.78 is 13.8. The number of H-pyrrole nitrogens is 1. The van der Waals surface area contributed by atoms with Gasteiger partial charge in [0.2, 0.25) is 0 Å². The summed E-state index contributed by atoms with van der Waals surface area (Å²) in [5.41, 5.74) is 3.80. The number of Topliss-reactive ketones (excluding diaryl/α,β-unsaturated/α-hetero) is 1. The average Bonchev–Trinajstić information content (AvgIpc) is 3.62. The normalized spacial score (nSPS) is 13.5. The van der Waals surface area contributed by atoms with Gasteiger partial charge in [0.25, 0.3) is 5.91 Å². The SMILES string of the molecule is O=C(N[C@@H](Cc1cccc(F)c1)C(=O)CC1=NC=CC1)c1ccc2nc(-c3cc4ccccc4cn3)[nH]c2c1. The van der Waals surface area contributed by atoms with Crippen molar-refractivity contribution in [1.82, 2.24) is 20.3 Å². The largest absolute Gasteiger partial charge is 0.342 e. The van der Waals surface area contributed by atoms with Crippen LogP contribution in [0, 0.1) is 5.82 Å². The predicted molar refractivity (Wildman–Crippen MR) is 149 cm³/mol. The van der Waals surface area contributed by atoms with Gasteiger partial charge in [0, 0.05) is 41.9 Å². The first-order valence-electron chi connectivity index (χ1n) is 12.7. The number of nitrogens with zero attached hydrogens (tertiary/aromatic N) is 3. The maximum absolute atomic E-state index is 13.8. The zero-order chi connectivity index (χ0) is 26.8. The second-order valence-corrected chi connectivity index (χ2v) is 9.52. The molecule has 0 fully saturated rings.